The second-order valence-electron chi connectivity index (χ2n) is 4.02. The van der Waals surface area contributed by atoms with Gasteiger partial charge in [-0.25, -0.2) is 4.39 Å². The number of Topliss-reactive ketones (excluding diaryl/α,β-unsaturated/α-hetero) is 1. The average molecular weight is 339 g/mol. The molecule has 0 heterocycles. The van der Waals surface area contributed by atoms with Crippen molar-refractivity contribution in [3.8, 4) is 11.5 Å². The first kappa shape index (κ1) is 14.5. The summed E-state index contributed by atoms with van der Waals surface area (Å²) >= 11 is 3.22. The van der Waals surface area contributed by atoms with Crippen LogP contribution in [-0.4, -0.2) is 19.5 Å². The van der Waals surface area contributed by atoms with E-state index in [4.69, 9.17) is 9.47 Å². The van der Waals surface area contributed by atoms with E-state index < -0.39 is 5.82 Å². The van der Waals surface area contributed by atoms with E-state index in [0.717, 1.165) is 0 Å². The highest BCUT2D eigenvalue weighted by Crippen LogP contribution is 2.22. The summed E-state index contributed by atoms with van der Waals surface area (Å²) in [5, 5.41) is 0. The third kappa shape index (κ3) is 3.57. The molecule has 0 bridgehead atoms. The van der Waals surface area contributed by atoms with E-state index in [9.17, 15) is 9.18 Å². The quantitative estimate of drug-likeness (QED) is 0.776. The Morgan fingerprint density at radius 2 is 2.05 bits per heavy atom. The summed E-state index contributed by atoms with van der Waals surface area (Å²) in [5.41, 5.74) is 0.458. The minimum atomic E-state index is -0.508. The van der Waals surface area contributed by atoms with Gasteiger partial charge >= 0.3 is 0 Å². The SMILES string of the molecule is COc1cccc(C(=O)COc2cc(Br)ccc2F)c1. The topological polar surface area (TPSA) is 35.5 Å². The molecule has 0 unspecified atom stereocenters. The largest absolute Gasteiger partial charge is 0.497 e. The molecule has 0 aliphatic carbocycles. The molecule has 5 heteroatoms. The molecular formula is C15H12BrFO3. The Bertz CT molecular complexity index is 628. The molecule has 0 aliphatic heterocycles. The number of carbonyl (C=O) groups excluding carboxylic acids is 1. The number of methoxy groups -OCH3 is 1. The van der Waals surface area contributed by atoms with Crippen molar-refractivity contribution in [1.29, 1.82) is 0 Å². The zero-order chi connectivity index (χ0) is 14.5. The van der Waals surface area contributed by atoms with E-state index in [0.29, 0.717) is 15.8 Å². The Balaban J connectivity index is 2.06. The molecule has 3 nitrogen and oxygen atoms in total. The maximum Gasteiger partial charge on any atom is 0.200 e. The van der Waals surface area contributed by atoms with Crippen molar-refractivity contribution in [2.75, 3.05) is 13.7 Å². The van der Waals surface area contributed by atoms with Gasteiger partial charge in [0.25, 0.3) is 0 Å². The summed E-state index contributed by atoms with van der Waals surface area (Å²) in [6.07, 6.45) is 0. The predicted octanol–water partition coefficient (Wildman–Crippen LogP) is 3.86. The highest BCUT2D eigenvalue weighted by atomic mass is 79.9. The summed E-state index contributed by atoms with van der Waals surface area (Å²) in [4.78, 5) is 12.0. The lowest BCUT2D eigenvalue weighted by Gasteiger charge is -2.08. The van der Waals surface area contributed by atoms with Crippen LogP contribution in [0.5, 0.6) is 11.5 Å². The van der Waals surface area contributed by atoms with Gasteiger partial charge in [0.05, 0.1) is 7.11 Å². The monoisotopic (exact) mass is 338 g/mol. The van der Waals surface area contributed by atoms with Gasteiger partial charge in [0.2, 0.25) is 0 Å². The molecule has 0 saturated carbocycles. The Morgan fingerprint density at radius 1 is 1.25 bits per heavy atom. The van der Waals surface area contributed by atoms with E-state index >= 15 is 0 Å². The molecule has 0 atom stereocenters. The first-order valence-corrected chi connectivity index (χ1v) is 6.64. The molecular weight excluding hydrogens is 327 g/mol. The van der Waals surface area contributed by atoms with Crippen LogP contribution in [-0.2, 0) is 0 Å². The van der Waals surface area contributed by atoms with Crippen molar-refractivity contribution in [3.05, 3.63) is 58.3 Å². The molecule has 2 aromatic rings. The van der Waals surface area contributed by atoms with Crippen LogP contribution in [0, 0.1) is 5.82 Å². The smallest absolute Gasteiger partial charge is 0.200 e. The van der Waals surface area contributed by atoms with Crippen LogP contribution in [0.2, 0.25) is 0 Å². The molecule has 2 aromatic carbocycles. The standard InChI is InChI=1S/C15H12BrFO3/c1-19-12-4-2-3-10(7-12)14(18)9-20-15-8-11(16)5-6-13(15)17/h2-8H,9H2,1H3. The van der Waals surface area contributed by atoms with Crippen LogP contribution < -0.4 is 9.47 Å². The lowest BCUT2D eigenvalue weighted by atomic mass is 10.1. The van der Waals surface area contributed by atoms with Crippen molar-refractivity contribution in [2.45, 2.75) is 0 Å². The predicted molar refractivity (Wildman–Crippen MR) is 76.9 cm³/mol. The number of benzene rings is 2. The Kier molecular flexibility index (Phi) is 4.74. The van der Waals surface area contributed by atoms with Crippen LogP contribution in [0.3, 0.4) is 0 Å². The van der Waals surface area contributed by atoms with Crippen LogP contribution in [0.25, 0.3) is 0 Å². The molecule has 0 N–H and O–H groups in total. The van der Waals surface area contributed by atoms with Gasteiger partial charge < -0.3 is 9.47 Å². The second kappa shape index (κ2) is 6.52. The molecule has 20 heavy (non-hydrogen) atoms. The fourth-order valence-corrected chi connectivity index (χ4v) is 1.95. The Morgan fingerprint density at radius 3 is 2.80 bits per heavy atom. The minimum Gasteiger partial charge on any atom is -0.497 e. The summed E-state index contributed by atoms with van der Waals surface area (Å²) in [7, 11) is 1.52. The van der Waals surface area contributed by atoms with Gasteiger partial charge in [0, 0.05) is 10.0 Å². The van der Waals surface area contributed by atoms with Crippen LogP contribution >= 0.6 is 15.9 Å². The number of carbonyl (C=O) groups is 1. The molecule has 0 spiro atoms. The fraction of sp³-hybridized carbons (Fsp3) is 0.133. The number of halogens is 2. The first-order chi connectivity index (χ1) is 9.60. The van der Waals surface area contributed by atoms with E-state index in [-0.39, 0.29) is 18.1 Å². The number of ketones is 1. The van der Waals surface area contributed by atoms with E-state index in [1.165, 1.54) is 19.2 Å². The van der Waals surface area contributed by atoms with Gasteiger partial charge in [0.15, 0.2) is 24.0 Å². The van der Waals surface area contributed by atoms with Crippen molar-refractivity contribution in [1.82, 2.24) is 0 Å². The third-order valence-corrected chi connectivity index (χ3v) is 3.14. The van der Waals surface area contributed by atoms with Crippen molar-refractivity contribution in [3.63, 3.8) is 0 Å². The normalized spacial score (nSPS) is 10.2. The molecule has 0 amide bonds. The summed E-state index contributed by atoms with van der Waals surface area (Å²) in [6, 6.07) is 11.0. The lowest BCUT2D eigenvalue weighted by Crippen LogP contribution is -2.12. The number of rotatable bonds is 5. The minimum absolute atomic E-state index is 0.0376. The van der Waals surface area contributed by atoms with Gasteiger partial charge in [-0.05, 0) is 30.3 Å². The van der Waals surface area contributed by atoms with Gasteiger partial charge in [0.1, 0.15) is 5.75 Å². The number of ether oxygens (including phenoxy) is 2. The van der Waals surface area contributed by atoms with Crippen molar-refractivity contribution >= 4 is 21.7 Å². The van der Waals surface area contributed by atoms with Gasteiger partial charge in [-0.15, -0.1) is 0 Å². The third-order valence-electron chi connectivity index (χ3n) is 2.64. The first-order valence-electron chi connectivity index (χ1n) is 5.85. The van der Waals surface area contributed by atoms with Crippen LogP contribution in [0.1, 0.15) is 10.4 Å². The fourth-order valence-electron chi connectivity index (χ4n) is 1.61. The molecule has 0 aliphatic rings. The maximum absolute atomic E-state index is 13.5. The molecule has 104 valence electrons. The van der Waals surface area contributed by atoms with Crippen LogP contribution in [0.15, 0.2) is 46.9 Å². The molecule has 0 fully saturated rings. The second-order valence-corrected chi connectivity index (χ2v) is 4.93. The molecule has 0 aromatic heterocycles. The summed E-state index contributed by atoms with van der Waals surface area (Å²) < 4.78 is 24.4. The summed E-state index contributed by atoms with van der Waals surface area (Å²) in [6.45, 7) is -0.236. The zero-order valence-corrected chi connectivity index (χ0v) is 12.3. The van der Waals surface area contributed by atoms with Crippen molar-refractivity contribution in [2.24, 2.45) is 0 Å². The average Bonchev–Trinajstić information content (AvgIpc) is 2.48. The molecule has 0 saturated heterocycles. The van der Waals surface area contributed by atoms with Gasteiger partial charge in [-0.1, -0.05) is 28.1 Å². The van der Waals surface area contributed by atoms with Gasteiger partial charge in [-0.2, -0.15) is 0 Å². The summed E-state index contributed by atoms with van der Waals surface area (Å²) in [5.74, 6) is -0.130. The van der Waals surface area contributed by atoms with E-state index in [1.807, 2.05) is 0 Å². The Labute approximate surface area is 124 Å². The highest BCUT2D eigenvalue weighted by Gasteiger charge is 2.10. The van der Waals surface area contributed by atoms with Crippen molar-refractivity contribution < 1.29 is 18.7 Å². The van der Waals surface area contributed by atoms with Crippen LogP contribution in [0.4, 0.5) is 4.39 Å². The Hall–Kier alpha value is -1.88. The molecule has 0 radical (unpaired) electrons. The molecule has 2 rings (SSSR count). The highest BCUT2D eigenvalue weighted by molar-refractivity contribution is 9.10. The maximum atomic E-state index is 13.5. The van der Waals surface area contributed by atoms with E-state index in [2.05, 4.69) is 15.9 Å². The number of hydrogen-bond donors (Lipinski definition) is 0. The lowest BCUT2D eigenvalue weighted by molar-refractivity contribution is 0.0918. The number of hydrogen-bond acceptors (Lipinski definition) is 3. The van der Waals surface area contributed by atoms with Gasteiger partial charge in [-0.3, -0.25) is 4.79 Å². The zero-order valence-electron chi connectivity index (χ0n) is 10.7. The van der Waals surface area contributed by atoms with E-state index in [1.54, 1.807) is 30.3 Å².